The molecule has 0 aromatic heterocycles. The van der Waals surface area contributed by atoms with E-state index in [-0.39, 0.29) is 17.4 Å². The molecule has 1 atom stereocenters. The zero-order valence-corrected chi connectivity index (χ0v) is 18.8. The number of rotatable bonds is 9. The molecule has 0 saturated heterocycles. The molecule has 0 aliphatic rings. The van der Waals surface area contributed by atoms with Crippen LogP contribution in [-0.2, 0) is 16.1 Å². The van der Waals surface area contributed by atoms with E-state index in [9.17, 15) is 9.59 Å². The van der Waals surface area contributed by atoms with Crippen molar-refractivity contribution in [2.45, 2.75) is 65.6 Å². The molecule has 5 nitrogen and oxygen atoms in total. The Morgan fingerprint density at radius 3 is 2.40 bits per heavy atom. The van der Waals surface area contributed by atoms with Gasteiger partial charge in [-0.2, -0.15) is 0 Å². The van der Waals surface area contributed by atoms with Crippen molar-refractivity contribution >= 4 is 11.8 Å². The van der Waals surface area contributed by atoms with E-state index in [0.717, 1.165) is 16.9 Å². The van der Waals surface area contributed by atoms with Crippen molar-refractivity contribution in [3.8, 4) is 5.75 Å². The topological polar surface area (TPSA) is 58.6 Å². The minimum Gasteiger partial charge on any atom is -0.494 e. The molecule has 0 saturated carbocycles. The molecule has 0 fully saturated rings. The first-order valence-electron chi connectivity index (χ1n) is 10.5. The number of para-hydroxylation sites is 1. The number of amides is 2. The van der Waals surface area contributed by atoms with Gasteiger partial charge in [0.15, 0.2) is 0 Å². The van der Waals surface area contributed by atoms with Crippen LogP contribution in [0.15, 0.2) is 54.6 Å². The number of carbonyl (C=O) groups excluding carboxylic acids is 2. The lowest BCUT2D eigenvalue weighted by Gasteiger charge is -2.31. The Kier molecular flexibility index (Phi) is 8.46. The van der Waals surface area contributed by atoms with Gasteiger partial charge in [-0.3, -0.25) is 9.59 Å². The van der Waals surface area contributed by atoms with E-state index in [4.69, 9.17) is 4.74 Å². The number of nitrogens with one attached hydrogen (secondary N) is 1. The average molecular weight is 411 g/mol. The Morgan fingerprint density at radius 1 is 1.07 bits per heavy atom. The Balaban J connectivity index is 2.03. The highest BCUT2D eigenvalue weighted by Gasteiger charge is 2.28. The van der Waals surface area contributed by atoms with Gasteiger partial charge in [0.2, 0.25) is 11.8 Å². The van der Waals surface area contributed by atoms with Crippen LogP contribution in [0.3, 0.4) is 0 Å². The molecule has 30 heavy (non-hydrogen) atoms. The molecule has 2 rings (SSSR count). The molecule has 5 heteroatoms. The molecule has 162 valence electrons. The van der Waals surface area contributed by atoms with Crippen LogP contribution in [0.1, 0.15) is 51.7 Å². The largest absolute Gasteiger partial charge is 0.494 e. The van der Waals surface area contributed by atoms with Crippen molar-refractivity contribution in [1.29, 1.82) is 0 Å². The second kappa shape index (κ2) is 10.8. The zero-order chi connectivity index (χ0) is 22.1. The lowest BCUT2D eigenvalue weighted by molar-refractivity contribution is -0.141. The highest BCUT2D eigenvalue weighted by Crippen LogP contribution is 2.15. The van der Waals surface area contributed by atoms with Crippen LogP contribution >= 0.6 is 0 Å². The van der Waals surface area contributed by atoms with Gasteiger partial charge in [-0.25, -0.2) is 0 Å². The van der Waals surface area contributed by atoms with Crippen LogP contribution < -0.4 is 10.1 Å². The number of carbonyl (C=O) groups is 2. The fourth-order valence-electron chi connectivity index (χ4n) is 3.14. The first kappa shape index (κ1) is 23.5. The van der Waals surface area contributed by atoms with Gasteiger partial charge in [0.1, 0.15) is 11.8 Å². The van der Waals surface area contributed by atoms with E-state index in [1.165, 1.54) is 0 Å². The standard InChI is InChI=1S/C25H34N2O3/c1-19-11-9-12-21(17-19)18-27(20(2)24(29)26-25(3,4)5)23(28)15-10-16-30-22-13-7-6-8-14-22/h6-9,11-14,17,20H,10,15-16,18H2,1-5H3,(H,26,29)/t20-/m0/s1. The van der Waals surface area contributed by atoms with E-state index < -0.39 is 6.04 Å². The van der Waals surface area contributed by atoms with Gasteiger partial charge in [0.25, 0.3) is 0 Å². The van der Waals surface area contributed by atoms with Crippen LogP contribution in [0.25, 0.3) is 0 Å². The molecule has 0 aliphatic carbocycles. The van der Waals surface area contributed by atoms with Crippen molar-refractivity contribution in [2.24, 2.45) is 0 Å². The maximum Gasteiger partial charge on any atom is 0.242 e. The Hall–Kier alpha value is -2.82. The summed E-state index contributed by atoms with van der Waals surface area (Å²) in [7, 11) is 0. The van der Waals surface area contributed by atoms with Crippen LogP contribution in [-0.4, -0.2) is 34.9 Å². The number of hydrogen-bond donors (Lipinski definition) is 1. The Morgan fingerprint density at radius 2 is 1.77 bits per heavy atom. The molecular formula is C25H34N2O3. The highest BCUT2D eigenvalue weighted by atomic mass is 16.5. The van der Waals surface area contributed by atoms with E-state index in [1.54, 1.807) is 11.8 Å². The summed E-state index contributed by atoms with van der Waals surface area (Å²) in [5, 5.41) is 2.98. The lowest BCUT2D eigenvalue weighted by Crippen LogP contribution is -2.52. The second-order valence-corrected chi connectivity index (χ2v) is 8.69. The number of aryl methyl sites for hydroxylation is 1. The molecule has 1 N–H and O–H groups in total. The predicted octanol–water partition coefficient (Wildman–Crippen LogP) is 4.49. The summed E-state index contributed by atoms with van der Waals surface area (Å²) in [4.78, 5) is 27.5. The van der Waals surface area contributed by atoms with Gasteiger partial charge in [-0.05, 0) is 58.7 Å². The molecule has 0 bridgehead atoms. The molecular weight excluding hydrogens is 376 g/mol. The summed E-state index contributed by atoms with van der Waals surface area (Å²) < 4.78 is 5.69. The zero-order valence-electron chi connectivity index (χ0n) is 18.8. The van der Waals surface area contributed by atoms with E-state index in [0.29, 0.717) is 26.0 Å². The Labute approximate surface area is 180 Å². The van der Waals surface area contributed by atoms with Crippen molar-refractivity contribution in [1.82, 2.24) is 10.2 Å². The third-order valence-electron chi connectivity index (χ3n) is 4.65. The maximum atomic E-state index is 13.0. The summed E-state index contributed by atoms with van der Waals surface area (Å²) >= 11 is 0. The minimum absolute atomic E-state index is 0.0512. The summed E-state index contributed by atoms with van der Waals surface area (Å²) in [5.74, 6) is 0.591. The summed E-state index contributed by atoms with van der Waals surface area (Å²) in [5.41, 5.74) is 1.79. The normalized spacial score (nSPS) is 12.2. The highest BCUT2D eigenvalue weighted by molar-refractivity contribution is 5.87. The first-order valence-corrected chi connectivity index (χ1v) is 10.5. The molecule has 2 aromatic rings. The fourth-order valence-corrected chi connectivity index (χ4v) is 3.14. The lowest BCUT2D eigenvalue weighted by atomic mass is 10.1. The molecule has 0 unspecified atom stereocenters. The predicted molar refractivity (Wildman–Crippen MR) is 120 cm³/mol. The number of nitrogens with zero attached hydrogens (tertiary/aromatic N) is 1. The van der Waals surface area contributed by atoms with Gasteiger partial charge in [-0.1, -0.05) is 48.0 Å². The first-order chi connectivity index (χ1) is 14.2. The second-order valence-electron chi connectivity index (χ2n) is 8.69. The van der Waals surface area contributed by atoms with Gasteiger partial charge in [-0.15, -0.1) is 0 Å². The monoisotopic (exact) mass is 410 g/mol. The molecule has 0 radical (unpaired) electrons. The van der Waals surface area contributed by atoms with Crippen LogP contribution in [0.4, 0.5) is 0 Å². The fraction of sp³-hybridized carbons (Fsp3) is 0.440. The third kappa shape index (κ3) is 7.90. The summed E-state index contributed by atoms with van der Waals surface area (Å²) in [6.07, 6.45) is 0.914. The summed E-state index contributed by atoms with van der Waals surface area (Å²) in [6.45, 7) is 10.5. The number of benzene rings is 2. The number of ether oxygens (including phenoxy) is 1. The minimum atomic E-state index is -0.563. The van der Waals surface area contributed by atoms with Gasteiger partial charge < -0.3 is 15.0 Å². The van der Waals surface area contributed by atoms with Crippen LogP contribution in [0.2, 0.25) is 0 Å². The van der Waals surface area contributed by atoms with Crippen molar-refractivity contribution in [3.05, 3.63) is 65.7 Å². The summed E-state index contributed by atoms with van der Waals surface area (Å²) in [6, 6.07) is 17.0. The molecule has 0 spiro atoms. The van der Waals surface area contributed by atoms with Gasteiger partial charge in [0.05, 0.1) is 6.61 Å². The van der Waals surface area contributed by atoms with Crippen molar-refractivity contribution < 1.29 is 14.3 Å². The molecule has 0 aliphatic heterocycles. The third-order valence-corrected chi connectivity index (χ3v) is 4.65. The smallest absolute Gasteiger partial charge is 0.242 e. The molecule has 0 heterocycles. The van der Waals surface area contributed by atoms with Gasteiger partial charge in [0, 0.05) is 18.5 Å². The van der Waals surface area contributed by atoms with Crippen molar-refractivity contribution in [2.75, 3.05) is 6.61 Å². The van der Waals surface area contributed by atoms with Crippen LogP contribution in [0, 0.1) is 6.92 Å². The quantitative estimate of drug-likeness (QED) is 0.620. The van der Waals surface area contributed by atoms with E-state index in [2.05, 4.69) is 5.32 Å². The van der Waals surface area contributed by atoms with Crippen LogP contribution in [0.5, 0.6) is 5.75 Å². The van der Waals surface area contributed by atoms with Crippen molar-refractivity contribution in [3.63, 3.8) is 0 Å². The maximum absolute atomic E-state index is 13.0. The SMILES string of the molecule is Cc1cccc(CN(C(=O)CCCOc2ccccc2)[C@@H](C)C(=O)NC(C)(C)C)c1. The Bertz CT molecular complexity index is 828. The molecule has 2 amide bonds. The van der Waals surface area contributed by atoms with Gasteiger partial charge >= 0.3 is 0 Å². The van der Waals surface area contributed by atoms with E-state index in [1.807, 2.05) is 82.3 Å². The average Bonchev–Trinajstić information content (AvgIpc) is 2.68. The number of hydrogen-bond acceptors (Lipinski definition) is 3. The molecule has 2 aromatic carbocycles. The van der Waals surface area contributed by atoms with E-state index >= 15 is 0 Å².